The molecule has 1 aromatic carbocycles. The molecule has 6 nitrogen and oxygen atoms in total. The second-order valence-electron chi connectivity index (χ2n) is 8.35. The van der Waals surface area contributed by atoms with Crippen LogP contribution in [0, 0.1) is 13.8 Å². The Bertz CT molecular complexity index is 758. The third kappa shape index (κ3) is 4.00. The maximum atomic E-state index is 4.43. The average Bonchev–Trinajstić information content (AvgIpc) is 3.15. The molecular formula is C21H34N6. The van der Waals surface area contributed by atoms with Crippen molar-refractivity contribution >= 4 is 5.69 Å². The van der Waals surface area contributed by atoms with Crippen LogP contribution >= 0.6 is 0 Å². The Balaban J connectivity index is 1.75. The lowest BCUT2D eigenvalue weighted by Gasteiger charge is -2.40. The van der Waals surface area contributed by atoms with Gasteiger partial charge >= 0.3 is 0 Å². The normalized spacial score (nSPS) is 17.3. The van der Waals surface area contributed by atoms with Crippen LogP contribution in [0.2, 0.25) is 0 Å². The highest BCUT2D eigenvalue weighted by Gasteiger charge is 2.32. The number of aryl methyl sites for hydroxylation is 2. The van der Waals surface area contributed by atoms with E-state index in [4.69, 9.17) is 0 Å². The molecule has 1 aliphatic heterocycles. The van der Waals surface area contributed by atoms with Crippen LogP contribution in [0.5, 0.6) is 0 Å². The van der Waals surface area contributed by atoms with E-state index >= 15 is 0 Å². The molecule has 2 heterocycles. The fourth-order valence-corrected chi connectivity index (χ4v) is 3.92. The van der Waals surface area contributed by atoms with Gasteiger partial charge in [0.15, 0.2) is 5.82 Å². The smallest absolute Gasteiger partial charge is 0.168 e. The fraction of sp³-hybridized carbons (Fsp3) is 0.667. The Labute approximate surface area is 163 Å². The van der Waals surface area contributed by atoms with E-state index in [2.05, 4.69) is 85.1 Å². The second-order valence-corrected chi connectivity index (χ2v) is 8.35. The number of anilines is 1. The Morgan fingerprint density at radius 1 is 1.07 bits per heavy atom. The first-order valence-corrected chi connectivity index (χ1v) is 10.2. The number of rotatable bonds is 6. The molecule has 6 heteroatoms. The van der Waals surface area contributed by atoms with Crippen molar-refractivity contribution in [3.8, 4) is 0 Å². The van der Waals surface area contributed by atoms with Crippen molar-refractivity contribution in [2.75, 3.05) is 31.1 Å². The number of piperazine rings is 1. The van der Waals surface area contributed by atoms with Crippen LogP contribution in [-0.4, -0.2) is 51.3 Å². The second kappa shape index (κ2) is 7.97. The van der Waals surface area contributed by atoms with Crippen molar-refractivity contribution < 1.29 is 0 Å². The predicted molar refractivity (Wildman–Crippen MR) is 110 cm³/mol. The lowest BCUT2D eigenvalue weighted by atomic mass is 10.0. The summed E-state index contributed by atoms with van der Waals surface area (Å²) >= 11 is 0. The maximum Gasteiger partial charge on any atom is 0.168 e. The van der Waals surface area contributed by atoms with Crippen molar-refractivity contribution in [3.05, 3.63) is 35.2 Å². The highest BCUT2D eigenvalue weighted by Crippen LogP contribution is 2.30. The Kier molecular flexibility index (Phi) is 5.84. The largest absolute Gasteiger partial charge is 0.369 e. The summed E-state index contributed by atoms with van der Waals surface area (Å²) in [7, 11) is 0. The summed E-state index contributed by atoms with van der Waals surface area (Å²) in [6.07, 6.45) is 2.02. The van der Waals surface area contributed by atoms with E-state index < -0.39 is 0 Å². The highest BCUT2D eigenvalue weighted by molar-refractivity contribution is 5.55. The SMILES string of the molecule is CC[C@H](c1nnnn1C(C)(C)CC)N1CCN(c2cc(C)ccc2C)CC1. The van der Waals surface area contributed by atoms with Gasteiger partial charge in [-0.15, -0.1) is 5.10 Å². The van der Waals surface area contributed by atoms with Gasteiger partial charge in [-0.2, -0.15) is 0 Å². The quantitative estimate of drug-likeness (QED) is 0.776. The first-order valence-electron chi connectivity index (χ1n) is 10.2. The molecule has 0 saturated carbocycles. The molecule has 0 spiro atoms. The van der Waals surface area contributed by atoms with Gasteiger partial charge in [-0.05, 0) is 68.2 Å². The maximum absolute atomic E-state index is 4.43. The summed E-state index contributed by atoms with van der Waals surface area (Å²) in [4.78, 5) is 5.07. The van der Waals surface area contributed by atoms with Crippen molar-refractivity contribution in [2.24, 2.45) is 0 Å². The average molecular weight is 371 g/mol. The van der Waals surface area contributed by atoms with Crippen LogP contribution in [0.1, 0.15) is 63.5 Å². The zero-order valence-electron chi connectivity index (χ0n) is 17.7. The molecule has 0 unspecified atom stereocenters. The number of benzene rings is 1. The predicted octanol–water partition coefficient (Wildman–Crippen LogP) is 3.71. The molecule has 0 aliphatic carbocycles. The Morgan fingerprint density at radius 3 is 2.41 bits per heavy atom. The van der Waals surface area contributed by atoms with E-state index in [1.165, 1.54) is 16.8 Å². The van der Waals surface area contributed by atoms with E-state index in [9.17, 15) is 0 Å². The number of nitrogens with zero attached hydrogens (tertiary/aromatic N) is 6. The number of aromatic nitrogens is 4. The van der Waals surface area contributed by atoms with Gasteiger partial charge in [0.25, 0.3) is 0 Å². The molecule has 27 heavy (non-hydrogen) atoms. The van der Waals surface area contributed by atoms with Crippen molar-refractivity contribution in [1.82, 2.24) is 25.1 Å². The molecule has 1 atom stereocenters. The minimum absolute atomic E-state index is 0.0627. The molecule has 0 bridgehead atoms. The summed E-state index contributed by atoms with van der Waals surface area (Å²) in [6.45, 7) is 17.4. The van der Waals surface area contributed by atoms with E-state index in [1.807, 2.05) is 4.68 Å². The van der Waals surface area contributed by atoms with Crippen LogP contribution in [0.4, 0.5) is 5.69 Å². The molecule has 0 amide bonds. The lowest BCUT2D eigenvalue weighted by molar-refractivity contribution is 0.158. The zero-order valence-corrected chi connectivity index (χ0v) is 17.7. The van der Waals surface area contributed by atoms with E-state index in [0.717, 1.165) is 44.8 Å². The van der Waals surface area contributed by atoms with E-state index in [1.54, 1.807) is 0 Å². The van der Waals surface area contributed by atoms with Gasteiger partial charge in [0.2, 0.25) is 0 Å². The minimum atomic E-state index is -0.0627. The highest BCUT2D eigenvalue weighted by atomic mass is 15.6. The molecular weight excluding hydrogens is 336 g/mol. The zero-order chi connectivity index (χ0) is 19.6. The molecule has 148 valence electrons. The van der Waals surface area contributed by atoms with E-state index in [-0.39, 0.29) is 11.6 Å². The molecule has 1 fully saturated rings. The van der Waals surface area contributed by atoms with Crippen LogP contribution in [0.25, 0.3) is 0 Å². The standard InChI is InChI=1S/C21H34N6/c1-7-18(20-22-23-24-27(20)21(5,6)8-2)25-11-13-26(14-12-25)19-15-16(3)9-10-17(19)4/h9-10,15,18H,7-8,11-14H2,1-6H3/t18-/m1/s1. The van der Waals surface area contributed by atoms with Crippen LogP contribution in [-0.2, 0) is 5.54 Å². The minimum Gasteiger partial charge on any atom is -0.369 e. The Morgan fingerprint density at radius 2 is 1.78 bits per heavy atom. The molecule has 1 saturated heterocycles. The van der Waals surface area contributed by atoms with Gasteiger partial charge in [-0.1, -0.05) is 26.0 Å². The monoisotopic (exact) mass is 370 g/mol. The number of hydrogen-bond donors (Lipinski definition) is 0. The van der Waals surface area contributed by atoms with Crippen molar-refractivity contribution in [3.63, 3.8) is 0 Å². The van der Waals surface area contributed by atoms with E-state index in [0.29, 0.717) is 0 Å². The molecule has 0 N–H and O–H groups in total. The topological polar surface area (TPSA) is 50.1 Å². The lowest BCUT2D eigenvalue weighted by Crippen LogP contribution is -2.48. The van der Waals surface area contributed by atoms with Crippen LogP contribution in [0.3, 0.4) is 0 Å². The van der Waals surface area contributed by atoms with Crippen LogP contribution < -0.4 is 4.90 Å². The third-order valence-electron chi connectivity index (χ3n) is 6.08. The number of tetrazole rings is 1. The van der Waals surface area contributed by atoms with Crippen molar-refractivity contribution in [2.45, 2.75) is 66.0 Å². The summed E-state index contributed by atoms with van der Waals surface area (Å²) in [6, 6.07) is 7.00. The molecule has 2 aromatic rings. The van der Waals surface area contributed by atoms with Crippen LogP contribution in [0.15, 0.2) is 18.2 Å². The Hall–Kier alpha value is -1.95. The molecule has 1 aromatic heterocycles. The number of hydrogen-bond acceptors (Lipinski definition) is 5. The summed E-state index contributed by atoms with van der Waals surface area (Å²) in [5.74, 6) is 1.00. The first kappa shape index (κ1) is 19.8. The van der Waals surface area contributed by atoms with Gasteiger partial charge < -0.3 is 4.90 Å². The van der Waals surface area contributed by atoms with Crippen molar-refractivity contribution in [1.29, 1.82) is 0 Å². The van der Waals surface area contributed by atoms with Gasteiger partial charge in [0.1, 0.15) is 0 Å². The van der Waals surface area contributed by atoms with Gasteiger partial charge in [0.05, 0.1) is 11.6 Å². The van der Waals surface area contributed by atoms with Gasteiger partial charge in [-0.3, -0.25) is 4.90 Å². The molecule has 3 rings (SSSR count). The van der Waals surface area contributed by atoms with Gasteiger partial charge in [0, 0.05) is 31.9 Å². The summed E-state index contributed by atoms with van der Waals surface area (Å²) in [5.41, 5.74) is 3.99. The fourth-order valence-electron chi connectivity index (χ4n) is 3.92. The van der Waals surface area contributed by atoms with Gasteiger partial charge in [-0.25, -0.2) is 4.68 Å². The summed E-state index contributed by atoms with van der Waals surface area (Å²) in [5, 5.41) is 12.8. The first-order chi connectivity index (χ1) is 12.9. The molecule has 0 radical (unpaired) electrons. The third-order valence-corrected chi connectivity index (χ3v) is 6.08. The molecule has 1 aliphatic rings. The summed E-state index contributed by atoms with van der Waals surface area (Å²) < 4.78 is 2.04.